The smallest absolute Gasteiger partial charge is 0.113 e. The van der Waals surface area contributed by atoms with Gasteiger partial charge in [0.2, 0.25) is 0 Å². The molecule has 4 heteroatoms. The highest BCUT2D eigenvalue weighted by molar-refractivity contribution is 7.15. The minimum atomic E-state index is 0.724. The van der Waals surface area contributed by atoms with Gasteiger partial charge in [0, 0.05) is 5.69 Å². The molecule has 0 atom stereocenters. The lowest BCUT2D eigenvalue weighted by Gasteiger charge is -2.12. The Hall–Kier alpha value is -1.06. The fourth-order valence-electron chi connectivity index (χ4n) is 1.99. The van der Waals surface area contributed by atoms with Crippen LogP contribution < -0.4 is 5.32 Å². The first kappa shape index (κ1) is 12.4. The van der Waals surface area contributed by atoms with Crippen molar-refractivity contribution in [2.75, 3.05) is 5.32 Å². The van der Waals surface area contributed by atoms with E-state index < -0.39 is 0 Å². The van der Waals surface area contributed by atoms with Gasteiger partial charge in [-0.3, -0.25) is 0 Å². The highest BCUT2D eigenvalue weighted by atomic mass is 35.5. The Labute approximate surface area is 111 Å². The molecule has 0 aliphatic heterocycles. The van der Waals surface area contributed by atoms with Gasteiger partial charge in [0.1, 0.15) is 9.34 Å². The van der Waals surface area contributed by atoms with Crippen molar-refractivity contribution in [1.82, 2.24) is 4.98 Å². The molecule has 0 fully saturated rings. The van der Waals surface area contributed by atoms with Crippen LogP contribution in [0.3, 0.4) is 0 Å². The van der Waals surface area contributed by atoms with Crippen molar-refractivity contribution in [3.63, 3.8) is 0 Å². The number of hydrogen-bond donors (Lipinski definition) is 1. The average Bonchev–Trinajstić information content (AvgIpc) is 2.62. The molecule has 1 heterocycles. The summed E-state index contributed by atoms with van der Waals surface area (Å²) >= 11 is 7.37. The Morgan fingerprint density at radius 3 is 2.41 bits per heavy atom. The first-order valence-corrected chi connectivity index (χ1v) is 6.67. The topological polar surface area (TPSA) is 24.9 Å². The quantitative estimate of drug-likeness (QED) is 0.894. The highest BCUT2D eigenvalue weighted by Gasteiger charge is 2.05. The van der Waals surface area contributed by atoms with E-state index in [9.17, 15) is 0 Å². The number of aromatic nitrogens is 1. The van der Waals surface area contributed by atoms with Crippen molar-refractivity contribution in [3.05, 3.63) is 44.4 Å². The van der Waals surface area contributed by atoms with Gasteiger partial charge < -0.3 is 5.32 Å². The maximum Gasteiger partial charge on any atom is 0.113 e. The van der Waals surface area contributed by atoms with E-state index in [1.807, 2.05) is 0 Å². The summed E-state index contributed by atoms with van der Waals surface area (Å²) in [6.07, 6.45) is 1.69. The van der Waals surface area contributed by atoms with Crippen LogP contribution in [0.2, 0.25) is 4.34 Å². The molecule has 90 valence electrons. The number of halogens is 1. The maximum atomic E-state index is 5.85. The second-order valence-corrected chi connectivity index (χ2v) is 5.93. The number of thiazole rings is 1. The summed E-state index contributed by atoms with van der Waals surface area (Å²) in [7, 11) is 0. The van der Waals surface area contributed by atoms with Crippen molar-refractivity contribution in [1.29, 1.82) is 0 Å². The van der Waals surface area contributed by atoms with Gasteiger partial charge in [-0.2, -0.15) is 0 Å². The van der Waals surface area contributed by atoms with Crippen LogP contribution in [0.25, 0.3) is 0 Å². The Morgan fingerprint density at radius 2 is 1.88 bits per heavy atom. The maximum absolute atomic E-state index is 5.85. The van der Waals surface area contributed by atoms with Crippen molar-refractivity contribution < 1.29 is 0 Å². The number of nitrogens with zero attached hydrogens (tertiary/aromatic N) is 1. The number of benzene rings is 1. The minimum Gasteiger partial charge on any atom is -0.378 e. The molecule has 0 radical (unpaired) electrons. The molecule has 0 aliphatic rings. The highest BCUT2D eigenvalue weighted by Crippen LogP contribution is 2.24. The molecule has 2 nitrogen and oxygen atoms in total. The second-order valence-electron chi connectivity index (χ2n) is 4.19. The summed E-state index contributed by atoms with van der Waals surface area (Å²) in [5.74, 6) is 0. The van der Waals surface area contributed by atoms with E-state index in [1.54, 1.807) is 6.20 Å². The molecular formula is C13H15ClN2S. The van der Waals surface area contributed by atoms with Crippen LogP contribution in [0.5, 0.6) is 0 Å². The van der Waals surface area contributed by atoms with Gasteiger partial charge in [0.05, 0.1) is 12.7 Å². The predicted molar refractivity (Wildman–Crippen MR) is 75.1 cm³/mol. The number of nitrogens with one attached hydrogen (secondary N) is 1. The summed E-state index contributed by atoms with van der Waals surface area (Å²) in [5, 5.41) is 4.44. The Bertz CT molecular complexity index is 511. The van der Waals surface area contributed by atoms with Crippen LogP contribution in [0.15, 0.2) is 18.3 Å². The number of hydrogen-bond acceptors (Lipinski definition) is 3. The van der Waals surface area contributed by atoms with E-state index in [0.717, 1.165) is 15.9 Å². The third-order valence-corrected chi connectivity index (χ3v) is 3.73. The van der Waals surface area contributed by atoms with Crippen LogP contribution in [-0.2, 0) is 6.54 Å². The van der Waals surface area contributed by atoms with Crippen molar-refractivity contribution in [2.24, 2.45) is 0 Å². The monoisotopic (exact) mass is 266 g/mol. The molecule has 0 spiro atoms. The van der Waals surface area contributed by atoms with Crippen molar-refractivity contribution in [2.45, 2.75) is 27.3 Å². The molecule has 0 amide bonds. The predicted octanol–water partition coefficient (Wildman–Crippen LogP) is 4.33. The molecule has 2 rings (SSSR count). The zero-order valence-electron chi connectivity index (χ0n) is 10.2. The molecule has 1 N–H and O–H groups in total. The summed E-state index contributed by atoms with van der Waals surface area (Å²) in [6, 6.07) is 4.37. The van der Waals surface area contributed by atoms with E-state index in [-0.39, 0.29) is 0 Å². The number of aryl methyl sites for hydroxylation is 3. The van der Waals surface area contributed by atoms with E-state index in [2.05, 4.69) is 43.2 Å². The van der Waals surface area contributed by atoms with Gasteiger partial charge in [-0.1, -0.05) is 29.3 Å². The third-order valence-electron chi connectivity index (χ3n) is 2.62. The van der Waals surface area contributed by atoms with E-state index in [0.29, 0.717) is 0 Å². The SMILES string of the molecule is Cc1cc(C)c(NCc2ncc(Cl)s2)c(C)c1. The molecule has 0 saturated carbocycles. The minimum absolute atomic E-state index is 0.724. The largest absolute Gasteiger partial charge is 0.378 e. The molecule has 2 aromatic rings. The second kappa shape index (κ2) is 5.07. The Morgan fingerprint density at radius 1 is 1.24 bits per heavy atom. The first-order chi connectivity index (χ1) is 8.06. The molecular weight excluding hydrogens is 252 g/mol. The van der Waals surface area contributed by atoms with Crippen LogP contribution >= 0.6 is 22.9 Å². The van der Waals surface area contributed by atoms with Gasteiger partial charge in [0.15, 0.2) is 0 Å². The zero-order valence-corrected chi connectivity index (χ0v) is 11.7. The van der Waals surface area contributed by atoms with Gasteiger partial charge >= 0.3 is 0 Å². The summed E-state index contributed by atoms with van der Waals surface area (Å²) < 4.78 is 0.735. The lowest BCUT2D eigenvalue weighted by atomic mass is 10.1. The lowest BCUT2D eigenvalue weighted by molar-refractivity contribution is 1.09. The summed E-state index contributed by atoms with van der Waals surface area (Å²) in [6.45, 7) is 7.08. The fraction of sp³-hybridized carbons (Fsp3) is 0.308. The van der Waals surface area contributed by atoms with Gasteiger partial charge in [-0.25, -0.2) is 4.98 Å². The van der Waals surface area contributed by atoms with Gasteiger partial charge in [0.25, 0.3) is 0 Å². The van der Waals surface area contributed by atoms with Crippen molar-refractivity contribution in [3.8, 4) is 0 Å². The first-order valence-electron chi connectivity index (χ1n) is 5.48. The Balaban J connectivity index is 2.14. The van der Waals surface area contributed by atoms with Crippen LogP contribution in [-0.4, -0.2) is 4.98 Å². The molecule has 0 saturated heterocycles. The molecule has 1 aromatic heterocycles. The van der Waals surface area contributed by atoms with Gasteiger partial charge in [-0.15, -0.1) is 11.3 Å². The van der Waals surface area contributed by atoms with E-state index in [4.69, 9.17) is 11.6 Å². The van der Waals surface area contributed by atoms with Crippen molar-refractivity contribution >= 4 is 28.6 Å². The molecule has 0 unspecified atom stereocenters. The zero-order chi connectivity index (χ0) is 12.4. The van der Waals surface area contributed by atoms with Gasteiger partial charge in [-0.05, 0) is 31.9 Å². The standard InChI is InChI=1S/C13H15ClN2S/c1-8-4-9(2)13(10(3)5-8)16-7-12-15-6-11(14)17-12/h4-6,16H,7H2,1-3H3. The van der Waals surface area contributed by atoms with E-state index >= 15 is 0 Å². The number of anilines is 1. The molecule has 0 bridgehead atoms. The summed E-state index contributed by atoms with van der Waals surface area (Å²) in [5.41, 5.74) is 5.03. The normalized spacial score (nSPS) is 10.6. The molecule has 0 aliphatic carbocycles. The molecule has 17 heavy (non-hydrogen) atoms. The molecule has 1 aromatic carbocycles. The average molecular weight is 267 g/mol. The van der Waals surface area contributed by atoms with E-state index in [1.165, 1.54) is 33.7 Å². The number of rotatable bonds is 3. The van der Waals surface area contributed by atoms with Crippen LogP contribution in [0, 0.1) is 20.8 Å². The van der Waals surface area contributed by atoms with Crippen LogP contribution in [0.4, 0.5) is 5.69 Å². The lowest BCUT2D eigenvalue weighted by Crippen LogP contribution is -2.02. The third kappa shape index (κ3) is 2.99. The fourth-order valence-corrected chi connectivity index (χ4v) is 2.89. The summed E-state index contributed by atoms with van der Waals surface area (Å²) in [4.78, 5) is 4.23. The van der Waals surface area contributed by atoms with Crippen LogP contribution in [0.1, 0.15) is 21.7 Å². The Kier molecular flexibility index (Phi) is 3.69.